The van der Waals surface area contributed by atoms with Crippen LogP contribution >= 0.6 is 0 Å². The summed E-state index contributed by atoms with van der Waals surface area (Å²) >= 11 is 0. The number of carbonyl (C=O) groups excluding carboxylic acids is 1. The van der Waals surface area contributed by atoms with Crippen molar-refractivity contribution in [2.75, 3.05) is 12.0 Å². The Bertz CT molecular complexity index is 1480. The summed E-state index contributed by atoms with van der Waals surface area (Å²) in [6.45, 7) is 5.84. The molecular weight excluding hydrogens is 459 g/mol. The summed E-state index contributed by atoms with van der Waals surface area (Å²) in [5.41, 5.74) is 5.40. The predicted molar refractivity (Wildman–Crippen MR) is 135 cm³/mol. The maximum atomic E-state index is 14.2. The number of urea groups is 1. The zero-order chi connectivity index (χ0) is 25.4. The fraction of sp³-hybridized carbons (Fsp3) is 0.179. The van der Waals surface area contributed by atoms with Crippen LogP contribution in [0.25, 0.3) is 17.0 Å². The third kappa shape index (κ3) is 4.22. The zero-order valence-corrected chi connectivity index (χ0v) is 20.4. The smallest absolute Gasteiger partial charge is 0.326 e. The van der Waals surface area contributed by atoms with Gasteiger partial charge in [0.25, 0.3) is 5.89 Å². The summed E-state index contributed by atoms with van der Waals surface area (Å²) < 4.78 is 25.1. The Morgan fingerprint density at radius 3 is 2.47 bits per heavy atom. The molecule has 4 aromatic rings. The quantitative estimate of drug-likeness (QED) is 0.365. The fourth-order valence-corrected chi connectivity index (χ4v) is 4.32. The van der Waals surface area contributed by atoms with E-state index in [1.807, 2.05) is 63.2 Å². The first-order valence-corrected chi connectivity index (χ1v) is 11.5. The Labute approximate surface area is 208 Å². The van der Waals surface area contributed by atoms with Crippen LogP contribution in [0.15, 0.2) is 77.0 Å². The van der Waals surface area contributed by atoms with Gasteiger partial charge in [-0.05, 0) is 86.0 Å². The van der Waals surface area contributed by atoms with E-state index in [0.717, 1.165) is 16.7 Å². The Morgan fingerprint density at radius 2 is 1.78 bits per heavy atom. The second-order valence-corrected chi connectivity index (χ2v) is 8.69. The number of nitrogens with one attached hydrogen (secondary N) is 1. The van der Waals surface area contributed by atoms with E-state index < -0.39 is 11.9 Å². The molecule has 0 bridgehead atoms. The van der Waals surface area contributed by atoms with Crippen LogP contribution in [0.2, 0.25) is 0 Å². The second-order valence-electron chi connectivity index (χ2n) is 8.69. The average Bonchev–Trinajstić information content (AvgIpc) is 3.35. The van der Waals surface area contributed by atoms with Gasteiger partial charge in [-0.15, -0.1) is 0 Å². The van der Waals surface area contributed by atoms with Crippen LogP contribution < -0.4 is 15.0 Å². The molecule has 7 nitrogen and oxygen atoms in total. The standard InChI is InChI=1S/C28H25FN4O3/c1-16-8-11-22(14-17(16)2)33-18(3)24(25(30-28(33)34)20-6-5-7-21(29)15-20)27-31-26(32-36-27)19-9-12-23(35-4)13-10-19/h5-15,25H,1-4H3,(H,30,34). The third-order valence-corrected chi connectivity index (χ3v) is 6.42. The van der Waals surface area contributed by atoms with Crippen molar-refractivity contribution in [1.82, 2.24) is 15.5 Å². The number of amides is 2. The van der Waals surface area contributed by atoms with Crippen LogP contribution in [-0.2, 0) is 0 Å². The molecule has 1 atom stereocenters. The van der Waals surface area contributed by atoms with Gasteiger partial charge in [0.05, 0.1) is 24.4 Å². The number of carbonyl (C=O) groups is 1. The molecule has 8 heteroatoms. The molecule has 0 radical (unpaired) electrons. The van der Waals surface area contributed by atoms with Crippen LogP contribution in [0.3, 0.4) is 0 Å². The minimum Gasteiger partial charge on any atom is -0.497 e. The summed E-state index contributed by atoms with van der Waals surface area (Å²) in [4.78, 5) is 19.6. The van der Waals surface area contributed by atoms with Crippen molar-refractivity contribution in [3.05, 3.63) is 101 Å². The highest BCUT2D eigenvalue weighted by atomic mass is 19.1. The van der Waals surface area contributed by atoms with Gasteiger partial charge in [-0.1, -0.05) is 23.4 Å². The largest absolute Gasteiger partial charge is 0.497 e. The van der Waals surface area contributed by atoms with Crippen molar-refractivity contribution in [2.24, 2.45) is 0 Å². The number of hydrogen-bond acceptors (Lipinski definition) is 5. The number of allylic oxidation sites excluding steroid dienone is 1. The molecule has 0 spiro atoms. The van der Waals surface area contributed by atoms with Gasteiger partial charge >= 0.3 is 6.03 Å². The molecule has 0 fully saturated rings. The number of ether oxygens (including phenoxy) is 1. The minimum absolute atomic E-state index is 0.237. The van der Waals surface area contributed by atoms with Crippen LogP contribution in [0.1, 0.15) is 35.5 Å². The Balaban J connectivity index is 1.64. The van der Waals surface area contributed by atoms with Crippen molar-refractivity contribution in [1.29, 1.82) is 0 Å². The molecule has 0 aliphatic carbocycles. The highest BCUT2D eigenvalue weighted by Gasteiger charge is 2.36. The van der Waals surface area contributed by atoms with Crippen molar-refractivity contribution < 1.29 is 18.4 Å². The van der Waals surface area contributed by atoms with E-state index in [4.69, 9.17) is 9.26 Å². The topological polar surface area (TPSA) is 80.5 Å². The number of aromatic nitrogens is 2. The second kappa shape index (κ2) is 9.30. The lowest BCUT2D eigenvalue weighted by molar-refractivity contribution is 0.244. The molecule has 1 aromatic heterocycles. The number of aryl methyl sites for hydroxylation is 2. The first-order valence-electron chi connectivity index (χ1n) is 11.5. The first kappa shape index (κ1) is 23.3. The van der Waals surface area contributed by atoms with Gasteiger partial charge in [0.1, 0.15) is 11.6 Å². The third-order valence-electron chi connectivity index (χ3n) is 6.42. The number of rotatable bonds is 5. The molecule has 1 unspecified atom stereocenters. The van der Waals surface area contributed by atoms with Crippen LogP contribution in [0.5, 0.6) is 5.75 Å². The van der Waals surface area contributed by atoms with E-state index in [-0.39, 0.29) is 11.9 Å². The molecule has 36 heavy (non-hydrogen) atoms. The highest BCUT2D eigenvalue weighted by molar-refractivity contribution is 6.01. The fourth-order valence-electron chi connectivity index (χ4n) is 4.32. The normalized spacial score (nSPS) is 15.8. The number of benzene rings is 3. The minimum atomic E-state index is -0.680. The molecular formula is C28H25FN4O3. The number of anilines is 1. The summed E-state index contributed by atoms with van der Waals surface area (Å²) in [5, 5.41) is 7.18. The van der Waals surface area contributed by atoms with E-state index in [1.54, 1.807) is 24.1 Å². The van der Waals surface area contributed by atoms with Gasteiger partial charge in [0.2, 0.25) is 5.82 Å². The molecule has 1 N–H and O–H groups in total. The van der Waals surface area contributed by atoms with E-state index in [9.17, 15) is 9.18 Å². The molecule has 5 rings (SSSR count). The Kier molecular flexibility index (Phi) is 6.01. The van der Waals surface area contributed by atoms with Gasteiger partial charge in [0, 0.05) is 11.3 Å². The van der Waals surface area contributed by atoms with Crippen molar-refractivity contribution in [3.63, 3.8) is 0 Å². The number of halogens is 1. The molecule has 2 amide bonds. The SMILES string of the molecule is COc1ccc(-c2noc(C3=C(C)N(c4ccc(C)c(C)c4)C(=O)NC3c3cccc(F)c3)n2)cc1. The van der Waals surface area contributed by atoms with Crippen molar-refractivity contribution in [2.45, 2.75) is 26.8 Å². The average molecular weight is 485 g/mol. The zero-order valence-electron chi connectivity index (χ0n) is 20.4. The van der Waals surface area contributed by atoms with Crippen LogP contribution in [0, 0.1) is 19.7 Å². The summed E-state index contributed by atoms with van der Waals surface area (Å²) in [6, 6.07) is 18.2. The van der Waals surface area contributed by atoms with Crippen LogP contribution in [0.4, 0.5) is 14.9 Å². The maximum absolute atomic E-state index is 14.2. The maximum Gasteiger partial charge on any atom is 0.326 e. The van der Waals surface area contributed by atoms with E-state index >= 15 is 0 Å². The predicted octanol–water partition coefficient (Wildman–Crippen LogP) is 6.20. The summed E-state index contributed by atoms with van der Waals surface area (Å²) in [6.07, 6.45) is 0. The van der Waals surface area contributed by atoms with Gasteiger partial charge in [-0.25, -0.2) is 9.18 Å². The molecule has 1 aliphatic heterocycles. The van der Waals surface area contributed by atoms with Crippen molar-refractivity contribution in [3.8, 4) is 17.1 Å². The monoisotopic (exact) mass is 484 g/mol. The highest BCUT2D eigenvalue weighted by Crippen LogP contribution is 2.39. The summed E-state index contributed by atoms with van der Waals surface area (Å²) in [5.74, 6) is 0.938. The molecule has 0 saturated carbocycles. The molecule has 3 aromatic carbocycles. The lowest BCUT2D eigenvalue weighted by Crippen LogP contribution is -2.46. The van der Waals surface area contributed by atoms with Crippen molar-refractivity contribution >= 4 is 17.3 Å². The van der Waals surface area contributed by atoms with E-state index in [2.05, 4.69) is 15.5 Å². The Hall–Kier alpha value is -4.46. The van der Waals surface area contributed by atoms with Gasteiger partial charge in [0.15, 0.2) is 0 Å². The van der Waals surface area contributed by atoms with Gasteiger partial charge < -0.3 is 14.6 Å². The summed E-state index contributed by atoms with van der Waals surface area (Å²) in [7, 11) is 1.60. The number of nitrogens with zero attached hydrogens (tertiary/aromatic N) is 3. The lowest BCUT2D eigenvalue weighted by atomic mass is 9.94. The Morgan fingerprint density at radius 1 is 1.00 bits per heavy atom. The number of methoxy groups -OCH3 is 1. The molecule has 2 heterocycles. The number of hydrogen-bond donors (Lipinski definition) is 1. The van der Waals surface area contributed by atoms with Gasteiger partial charge in [-0.3, -0.25) is 4.90 Å². The van der Waals surface area contributed by atoms with E-state index in [0.29, 0.717) is 34.1 Å². The van der Waals surface area contributed by atoms with E-state index in [1.165, 1.54) is 12.1 Å². The lowest BCUT2D eigenvalue weighted by Gasteiger charge is -2.35. The molecule has 0 saturated heterocycles. The van der Waals surface area contributed by atoms with Gasteiger partial charge in [-0.2, -0.15) is 4.98 Å². The molecule has 182 valence electrons. The first-order chi connectivity index (χ1) is 17.4. The molecule has 1 aliphatic rings. The van der Waals surface area contributed by atoms with Crippen LogP contribution in [-0.4, -0.2) is 23.3 Å².